The standard InChI is InChI=1S/C15H18F2N4O2S2/c1-3-8-18-14-20-21-15(25-14)24-9(2)12(22)19-10-6-4-5-7-11(10)23-13(16)17/h4-7,9,13H,3,8H2,1-2H3,(H,18,20)(H,19,22)/t9-/m0/s1. The zero-order valence-corrected chi connectivity index (χ0v) is 15.3. The van der Waals surface area contributed by atoms with Crippen molar-refractivity contribution in [2.24, 2.45) is 0 Å². The molecule has 0 saturated heterocycles. The van der Waals surface area contributed by atoms with E-state index < -0.39 is 11.9 Å². The second-order valence-electron chi connectivity index (χ2n) is 4.92. The Morgan fingerprint density at radius 3 is 2.84 bits per heavy atom. The molecule has 1 aromatic heterocycles. The Bertz CT molecular complexity index is 700. The van der Waals surface area contributed by atoms with Crippen LogP contribution in [0.25, 0.3) is 0 Å². The van der Waals surface area contributed by atoms with Gasteiger partial charge in [-0.25, -0.2) is 0 Å². The van der Waals surface area contributed by atoms with E-state index in [0.717, 1.165) is 13.0 Å². The number of halogens is 2. The topological polar surface area (TPSA) is 76.1 Å². The first-order valence-electron chi connectivity index (χ1n) is 7.58. The largest absolute Gasteiger partial charge is 0.433 e. The highest BCUT2D eigenvalue weighted by molar-refractivity contribution is 8.02. The fourth-order valence-corrected chi connectivity index (χ4v) is 3.69. The molecule has 25 heavy (non-hydrogen) atoms. The molecule has 1 amide bonds. The van der Waals surface area contributed by atoms with Crippen LogP contribution in [0.15, 0.2) is 28.6 Å². The SMILES string of the molecule is CCCNc1nnc(S[C@@H](C)C(=O)Nc2ccccc2OC(F)F)s1. The van der Waals surface area contributed by atoms with Crippen LogP contribution in [0.5, 0.6) is 5.75 Å². The van der Waals surface area contributed by atoms with Gasteiger partial charge in [0.05, 0.1) is 10.9 Å². The van der Waals surface area contributed by atoms with E-state index in [0.29, 0.717) is 9.47 Å². The van der Waals surface area contributed by atoms with Crippen molar-refractivity contribution in [2.45, 2.75) is 36.5 Å². The van der Waals surface area contributed by atoms with Crippen molar-refractivity contribution >= 4 is 39.8 Å². The van der Waals surface area contributed by atoms with Crippen LogP contribution < -0.4 is 15.4 Å². The second-order valence-corrected chi connectivity index (χ2v) is 7.49. The molecule has 2 rings (SSSR count). The Morgan fingerprint density at radius 2 is 2.12 bits per heavy atom. The highest BCUT2D eigenvalue weighted by Crippen LogP contribution is 2.31. The maximum Gasteiger partial charge on any atom is 0.387 e. The van der Waals surface area contributed by atoms with Crippen molar-refractivity contribution in [1.82, 2.24) is 10.2 Å². The molecule has 1 atom stereocenters. The third-order valence-corrected chi connectivity index (χ3v) is 5.01. The van der Waals surface area contributed by atoms with E-state index in [9.17, 15) is 13.6 Å². The second kappa shape index (κ2) is 9.52. The van der Waals surface area contributed by atoms with E-state index in [4.69, 9.17) is 0 Å². The number of para-hydroxylation sites is 2. The van der Waals surface area contributed by atoms with Crippen molar-refractivity contribution in [1.29, 1.82) is 0 Å². The van der Waals surface area contributed by atoms with E-state index in [1.54, 1.807) is 19.1 Å². The zero-order chi connectivity index (χ0) is 18.2. The number of anilines is 2. The predicted molar refractivity (Wildman–Crippen MR) is 95.7 cm³/mol. The fraction of sp³-hybridized carbons (Fsp3) is 0.400. The lowest BCUT2D eigenvalue weighted by Crippen LogP contribution is -2.23. The third-order valence-electron chi connectivity index (χ3n) is 2.94. The average molecular weight is 388 g/mol. The maximum absolute atomic E-state index is 12.4. The number of carbonyl (C=O) groups excluding carboxylic acids is 1. The molecule has 10 heteroatoms. The molecule has 136 valence electrons. The summed E-state index contributed by atoms with van der Waals surface area (Å²) in [6.45, 7) is 1.60. The van der Waals surface area contributed by atoms with Gasteiger partial charge in [0.1, 0.15) is 5.75 Å². The molecule has 2 aromatic rings. The average Bonchev–Trinajstić information content (AvgIpc) is 3.01. The summed E-state index contributed by atoms with van der Waals surface area (Å²) in [5.74, 6) is -0.418. The number of ether oxygens (including phenoxy) is 1. The number of rotatable bonds is 9. The van der Waals surface area contributed by atoms with Gasteiger partial charge >= 0.3 is 6.61 Å². The van der Waals surface area contributed by atoms with Gasteiger partial charge in [-0.2, -0.15) is 8.78 Å². The van der Waals surface area contributed by atoms with Gasteiger partial charge in [0.2, 0.25) is 11.0 Å². The van der Waals surface area contributed by atoms with E-state index in [-0.39, 0.29) is 17.3 Å². The Labute approximate surface area is 152 Å². The van der Waals surface area contributed by atoms with Gasteiger partial charge in [0.15, 0.2) is 4.34 Å². The van der Waals surface area contributed by atoms with Crippen LogP contribution in [-0.2, 0) is 4.79 Å². The van der Waals surface area contributed by atoms with Gasteiger partial charge in [-0.3, -0.25) is 4.79 Å². The molecule has 1 aromatic carbocycles. The predicted octanol–water partition coefficient (Wildman–Crippen LogP) is 4.08. The van der Waals surface area contributed by atoms with Crippen LogP contribution in [0, 0.1) is 0 Å². The number of hydrogen-bond donors (Lipinski definition) is 2. The summed E-state index contributed by atoms with van der Waals surface area (Å²) in [7, 11) is 0. The minimum atomic E-state index is -2.96. The molecule has 0 aliphatic carbocycles. The number of benzene rings is 1. The lowest BCUT2D eigenvalue weighted by molar-refractivity contribution is -0.115. The summed E-state index contributed by atoms with van der Waals surface area (Å²) in [5, 5.41) is 14.0. The molecular weight excluding hydrogens is 370 g/mol. The van der Waals surface area contributed by atoms with E-state index in [1.807, 2.05) is 6.92 Å². The van der Waals surface area contributed by atoms with Crippen molar-refractivity contribution in [3.63, 3.8) is 0 Å². The summed E-state index contributed by atoms with van der Waals surface area (Å²) >= 11 is 2.61. The number of hydrogen-bond acceptors (Lipinski definition) is 7. The van der Waals surface area contributed by atoms with Crippen molar-refractivity contribution in [2.75, 3.05) is 17.2 Å². The smallest absolute Gasteiger partial charge is 0.387 e. The number of nitrogens with zero attached hydrogens (tertiary/aromatic N) is 2. The van der Waals surface area contributed by atoms with Gasteiger partial charge in [0.25, 0.3) is 0 Å². The Kier molecular flexibility index (Phi) is 7.38. The molecule has 0 aliphatic heterocycles. The van der Waals surface area contributed by atoms with Crippen LogP contribution >= 0.6 is 23.1 Å². The first kappa shape index (κ1) is 19.4. The van der Waals surface area contributed by atoms with Crippen molar-refractivity contribution < 1.29 is 18.3 Å². The number of alkyl halides is 2. The van der Waals surface area contributed by atoms with Crippen LogP contribution in [0.3, 0.4) is 0 Å². The first-order chi connectivity index (χ1) is 12.0. The molecule has 0 spiro atoms. The summed E-state index contributed by atoms with van der Waals surface area (Å²) in [5.41, 5.74) is 0.197. The maximum atomic E-state index is 12.4. The van der Waals surface area contributed by atoms with E-state index in [1.165, 1.54) is 35.2 Å². The molecule has 1 heterocycles. The molecular formula is C15H18F2N4O2S2. The van der Waals surface area contributed by atoms with Gasteiger partial charge < -0.3 is 15.4 Å². The zero-order valence-electron chi connectivity index (χ0n) is 13.7. The first-order valence-corrected chi connectivity index (χ1v) is 9.28. The highest BCUT2D eigenvalue weighted by atomic mass is 32.2. The summed E-state index contributed by atoms with van der Waals surface area (Å²) in [6, 6.07) is 6.06. The molecule has 0 bridgehead atoms. The van der Waals surface area contributed by atoms with E-state index >= 15 is 0 Å². The molecule has 0 radical (unpaired) electrons. The Hall–Kier alpha value is -1.94. The van der Waals surface area contributed by atoms with Crippen LogP contribution in [-0.4, -0.2) is 34.5 Å². The molecule has 6 nitrogen and oxygen atoms in total. The van der Waals surface area contributed by atoms with Gasteiger partial charge in [-0.05, 0) is 25.5 Å². The van der Waals surface area contributed by atoms with Crippen LogP contribution in [0.1, 0.15) is 20.3 Å². The molecule has 0 aliphatic rings. The van der Waals surface area contributed by atoms with E-state index in [2.05, 4.69) is 25.6 Å². The van der Waals surface area contributed by atoms with Crippen LogP contribution in [0.2, 0.25) is 0 Å². The lowest BCUT2D eigenvalue weighted by atomic mass is 10.3. The number of aromatic nitrogens is 2. The number of carbonyl (C=O) groups is 1. The molecule has 2 N–H and O–H groups in total. The lowest BCUT2D eigenvalue weighted by Gasteiger charge is -2.14. The Balaban J connectivity index is 1.95. The van der Waals surface area contributed by atoms with Gasteiger partial charge in [0, 0.05) is 6.54 Å². The third kappa shape index (κ3) is 6.13. The van der Waals surface area contributed by atoms with Gasteiger partial charge in [-0.1, -0.05) is 42.2 Å². The summed E-state index contributed by atoms with van der Waals surface area (Å²) in [4.78, 5) is 12.3. The summed E-state index contributed by atoms with van der Waals surface area (Å²) < 4.78 is 29.9. The monoisotopic (exact) mass is 388 g/mol. The number of thioether (sulfide) groups is 1. The van der Waals surface area contributed by atoms with Crippen LogP contribution in [0.4, 0.5) is 19.6 Å². The molecule has 0 saturated carbocycles. The van der Waals surface area contributed by atoms with Gasteiger partial charge in [-0.15, -0.1) is 10.2 Å². The highest BCUT2D eigenvalue weighted by Gasteiger charge is 2.19. The number of nitrogens with one attached hydrogen (secondary N) is 2. The minimum absolute atomic E-state index is 0.0787. The molecule has 0 fully saturated rings. The summed E-state index contributed by atoms with van der Waals surface area (Å²) in [6.07, 6.45) is 0.973. The van der Waals surface area contributed by atoms with Crippen molar-refractivity contribution in [3.8, 4) is 5.75 Å². The van der Waals surface area contributed by atoms with Crippen molar-refractivity contribution in [3.05, 3.63) is 24.3 Å². The normalized spacial score (nSPS) is 12.0. The Morgan fingerprint density at radius 1 is 1.36 bits per heavy atom. The fourth-order valence-electron chi connectivity index (χ4n) is 1.77. The number of amides is 1. The molecule has 0 unspecified atom stereocenters. The quantitative estimate of drug-likeness (QED) is 0.631. The minimum Gasteiger partial charge on any atom is -0.433 e.